The van der Waals surface area contributed by atoms with Crippen molar-refractivity contribution in [3.8, 4) is 0 Å². The van der Waals surface area contributed by atoms with Crippen LogP contribution in [0.2, 0.25) is 0 Å². The van der Waals surface area contributed by atoms with Gasteiger partial charge >= 0.3 is 5.97 Å². The van der Waals surface area contributed by atoms with Gasteiger partial charge in [0.1, 0.15) is 0 Å². The number of rotatable bonds is 6. The van der Waals surface area contributed by atoms with Crippen LogP contribution in [-0.4, -0.2) is 71.4 Å². The Hall–Kier alpha value is -0.950. The number of nitrogens with zero attached hydrogens (tertiary/aromatic N) is 2. The summed E-state index contributed by atoms with van der Waals surface area (Å²) in [5.41, 5.74) is 0. The third kappa shape index (κ3) is 4.01. The summed E-state index contributed by atoms with van der Waals surface area (Å²) >= 11 is 1.75. The number of carbonyl (C=O) groups is 1. The van der Waals surface area contributed by atoms with Gasteiger partial charge in [-0.25, -0.2) is 0 Å². The van der Waals surface area contributed by atoms with Gasteiger partial charge in [0.2, 0.25) is 0 Å². The molecule has 5 nitrogen and oxygen atoms in total. The second-order valence-electron chi connectivity index (χ2n) is 5.03. The van der Waals surface area contributed by atoms with E-state index in [4.69, 9.17) is 5.11 Å². The lowest BCUT2D eigenvalue weighted by Gasteiger charge is -2.24. The number of thiophene rings is 1. The Morgan fingerprint density at radius 3 is 3.00 bits per heavy atom. The van der Waals surface area contributed by atoms with E-state index in [-0.39, 0.29) is 12.6 Å². The molecule has 6 heteroatoms. The molecule has 2 N–H and O–H groups in total. The van der Waals surface area contributed by atoms with Gasteiger partial charge in [-0.15, -0.1) is 11.3 Å². The van der Waals surface area contributed by atoms with Crippen molar-refractivity contribution < 1.29 is 15.0 Å². The summed E-state index contributed by atoms with van der Waals surface area (Å²) in [6.07, 6.45) is 0.521. The molecular formula is C13H20N2O3S. The van der Waals surface area contributed by atoms with Crippen LogP contribution in [0.4, 0.5) is 0 Å². The number of carboxylic acids is 1. The van der Waals surface area contributed by atoms with Gasteiger partial charge in [-0.05, 0) is 24.9 Å². The minimum atomic E-state index is -0.855. The highest BCUT2D eigenvalue weighted by Gasteiger charge is 2.34. The zero-order valence-electron chi connectivity index (χ0n) is 11.0. The number of likely N-dealkylation sites (tertiary alicyclic amines) is 1. The SMILES string of the molecule is CN(CC(=O)O)[C@H]1CN(CCc2cccs2)C[C@H]1O. The first-order chi connectivity index (χ1) is 9.06. The van der Waals surface area contributed by atoms with E-state index in [9.17, 15) is 9.90 Å². The second kappa shape index (κ2) is 6.47. The molecule has 106 valence electrons. The van der Waals surface area contributed by atoms with Crippen LogP contribution in [0.15, 0.2) is 17.5 Å². The predicted molar refractivity (Wildman–Crippen MR) is 74.5 cm³/mol. The van der Waals surface area contributed by atoms with Crippen LogP contribution < -0.4 is 0 Å². The van der Waals surface area contributed by atoms with Crippen LogP contribution in [0.3, 0.4) is 0 Å². The van der Waals surface area contributed by atoms with E-state index in [1.807, 2.05) is 6.07 Å². The van der Waals surface area contributed by atoms with Crippen molar-refractivity contribution in [2.24, 2.45) is 0 Å². The second-order valence-corrected chi connectivity index (χ2v) is 6.06. The molecule has 2 rings (SSSR count). The molecule has 1 fully saturated rings. The maximum atomic E-state index is 10.7. The molecule has 0 amide bonds. The molecule has 19 heavy (non-hydrogen) atoms. The maximum absolute atomic E-state index is 10.7. The standard InChI is InChI=1S/C13H20N2O3S/c1-14(9-13(17)18)11-7-15(8-12(11)16)5-4-10-3-2-6-19-10/h2-3,6,11-12,16H,4-5,7-9H2,1H3,(H,17,18)/t11-,12+/m0/s1. The Kier molecular flexibility index (Phi) is 4.93. The van der Waals surface area contributed by atoms with Gasteiger partial charge in [-0.2, -0.15) is 0 Å². The average molecular weight is 284 g/mol. The highest BCUT2D eigenvalue weighted by Crippen LogP contribution is 2.17. The molecule has 0 unspecified atom stereocenters. The molecule has 1 aromatic heterocycles. The molecule has 1 aliphatic heterocycles. The normalized spacial score (nSPS) is 24.2. The van der Waals surface area contributed by atoms with Crippen molar-refractivity contribution in [2.45, 2.75) is 18.6 Å². The van der Waals surface area contributed by atoms with E-state index >= 15 is 0 Å². The summed E-state index contributed by atoms with van der Waals surface area (Å²) in [6.45, 7) is 2.24. The Balaban J connectivity index is 1.81. The monoisotopic (exact) mass is 284 g/mol. The van der Waals surface area contributed by atoms with Gasteiger partial charge in [0, 0.05) is 30.6 Å². The molecule has 2 atom stereocenters. The molecule has 0 bridgehead atoms. The molecular weight excluding hydrogens is 264 g/mol. The maximum Gasteiger partial charge on any atom is 0.317 e. The van der Waals surface area contributed by atoms with E-state index in [2.05, 4.69) is 16.3 Å². The van der Waals surface area contributed by atoms with E-state index in [1.54, 1.807) is 23.3 Å². The number of hydrogen-bond donors (Lipinski definition) is 2. The fourth-order valence-corrected chi connectivity index (χ4v) is 3.21. The average Bonchev–Trinajstić information content (AvgIpc) is 2.94. The minimum absolute atomic E-state index is 0.0273. The molecule has 2 heterocycles. The first kappa shape index (κ1) is 14.5. The van der Waals surface area contributed by atoms with Crippen molar-refractivity contribution in [1.29, 1.82) is 0 Å². The van der Waals surface area contributed by atoms with Gasteiger partial charge in [-0.1, -0.05) is 6.07 Å². The zero-order chi connectivity index (χ0) is 13.8. The molecule has 1 aromatic rings. The Morgan fingerprint density at radius 2 is 2.37 bits per heavy atom. The quantitative estimate of drug-likeness (QED) is 0.789. The van der Waals surface area contributed by atoms with Crippen molar-refractivity contribution in [1.82, 2.24) is 9.80 Å². The summed E-state index contributed by atoms with van der Waals surface area (Å²) in [5.74, 6) is -0.855. The Bertz CT molecular complexity index is 410. The van der Waals surface area contributed by atoms with Crippen LogP contribution in [0, 0.1) is 0 Å². The zero-order valence-corrected chi connectivity index (χ0v) is 11.8. The van der Waals surface area contributed by atoms with Crippen LogP contribution in [-0.2, 0) is 11.2 Å². The summed E-state index contributed by atoms with van der Waals surface area (Å²) in [6, 6.07) is 4.08. The first-order valence-electron chi connectivity index (χ1n) is 6.41. The van der Waals surface area contributed by atoms with Crippen LogP contribution >= 0.6 is 11.3 Å². The topological polar surface area (TPSA) is 64.0 Å². The molecule has 0 spiro atoms. The number of aliphatic hydroxyl groups is 1. The van der Waals surface area contributed by atoms with E-state index in [1.165, 1.54) is 4.88 Å². The largest absolute Gasteiger partial charge is 0.480 e. The number of β-amino-alcohol motifs (C(OH)–C–C–N with tert-alkyl or cyclic N) is 1. The first-order valence-corrected chi connectivity index (χ1v) is 7.29. The number of hydrogen-bond acceptors (Lipinski definition) is 5. The number of aliphatic carboxylic acids is 1. The number of aliphatic hydroxyl groups excluding tert-OH is 1. The molecule has 1 saturated heterocycles. The fourth-order valence-electron chi connectivity index (χ4n) is 2.52. The fraction of sp³-hybridized carbons (Fsp3) is 0.615. The van der Waals surface area contributed by atoms with Crippen LogP contribution in [0.1, 0.15) is 4.88 Å². The third-order valence-corrected chi connectivity index (χ3v) is 4.48. The van der Waals surface area contributed by atoms with Crippen molar-refractivity contribution >= 4 is 17.3 Å². The van der Waals surface area contributed by atoms with Crippen LogP contribution in [0.25, 0.3) is 0 Å². The van der Waals surface area contributed by atoms with E-state index in [0.717, 1.165) is 19.5 Å². The predicted octanol–water partition coefficient (Wildman–Crippen LogP) is 0.352. The van der Waals surface area contributed by atoms with Gasteiger partial charge < -0.3 is 10.2 Å². The lowest BCUT2D eigenvalue weighted by atomic mass is 10.2. The van der Waals surface area contributed by atoms with Gasteiger partial charge in [-0.3, -0.25) is 14.6 Å². The summed E-state index contributed by atoms with van der Waals surface area (Å²) < 4.78 is 0. The lowest BCUT2D eigenvalue weighted by Crippen LogP contribution is -2.43. The van der Waals surface area contributed by atoms with Crippen molar-refractivity contribution in [3.05, 3.63) is 22.4 Å². The Labute approximate surface area is 117 Å². The summed E-state index contributed by atoms with van der Waals surface area (Å²) in [7, 11) is 1.75. The number of carboxylic acid groups (broad SMARTS) is 1. The smallest absolute Gasteiger partial charge is 0.317 e. The molecule has 0 aliphatic carbocycles. The minimum Gasteiger partial charge on any atom is -0.480 e. The highest BCUT2D eigenvalue weighted by molar-refractivity contribution is 7.09. The van der Waals surface area contributed by atoms with E-state index < -0.39 is 12.1 Å². The van der Waals surface area contributed by atoms with Gasteiger partial charge in [0.25, 0.3) is 0 Å². The van der Waals surface area contributed by atoms with Crippen LogP contribution in [0.5, 0.6) is 0 Å². The molecule has 1 aliphatic rings. The third-order valence-electron chi connectivity index (χ3n) is 3.54. The van der Waals surface area contributed by atoms with Crippen molar-refractivity contribution in [3.63, 3.8) is 0 Å². The van der Waals surface area contributed by atoms with Crippen molar-refractivity contribution in [2.75, 3.05) is 33.2 Å². The van der Waals surface area contributed by atoms with E-state index in [0.29, 0.717) is 6.54 Å². The van der Waals surface area contributed by atoms with Gasteiger partial charge in [0.15, 0.2) is 0 Å². The summed E-state index contributed by atoms with van der Waals surface area (Å²) in [4.78, 5) is 16.0. The molecule has 0 radical (unpaired) electrons. The molecule has 0 saturated carbocycles. The molecule has 0 aromatic carbocycles. The highest BCUT2D eigenvalue weighted by atomic mass is 32.1. The number of likely N-dealkylation sites (N-methyl/N-ethyl adjacent to an activating group) is 1. The summed E-state index contributed by atoms with van der Waals surface area (Å²) in [5, 5.41) is 20.9. The lowest BCUT2D eigenvalue weighted by molar-refractivity contribution is -0.138. The van der Waals surface area contributed by atoms with Gasteiger partial charge in [0.05, 0.1) is 12.6 Å². The Morgan fingerprint density at radius 1 is 1.58 bits per heavy atom.